The zero-order valence-corrected chi connectivity index (χ0v) is 13.8. The second kappa shape index (κ2) is 6.02. The van der Waals surface area contributed by atoms with Crippen molar-refractivity contribution in [1.29, 1.82) is 0 Å². The molecule has 124 valence electrons. The van der Waals surface area contributed by atoms with Gasteiger partial charge in [0.2, 0.25) is 0 Å². The number of amidine groups is 1. The van der Waals surface area contributed by atoms with Crippen molar-refractivity contribution in [2.45, 2.75) is 6.04 Å². The van der Waals surface area contributed by atoms with Gasteiger partial charge in [0.05, 0.1) is 0 Å². The van der Waals surface area contributed by atoms with Crippen LogP contribution in [-0.2, 0) is 14.9 Å². The predicted octanol–water partition coefficient (Wildman–Crippen LogP) is 0.0353. The Bertz CT molecular complexity index is 748. The van der Waals surface area contributed by atoms with Crippen molar-refractivity contribution in [3.63, 3.8) is 0 Å². The van der Waals surface area contributed by atoms with E-state index in [0.717, 1.165) is 16.3 Å². The highest BCUT2D eigenvalue weighted by molar-refractivity contribution is 7.99. The number of hydrazone groups is 1. The number of carbonyl (C=O) groups excluding carboxylic acids is 1. The second-order valence-corrected chi connectivity index (χ2v) is 7.85. The maximum atomic E-state index is 12.4. The minimum Gasteiger partial charge on any atom is -0.399 e. The largest absolute Gasteiger partial charge is 0.399 e. The number of anilines is 1. The zero-order valence-electron chi connectivity index (χ0n) is 12.1. The maximum absolute atomic E-state index is 12.4. The van der Waals surface area contributed by atoms with Crippen LogP contribution < -0.4 is 5.73 Å². The first kappa shape index (κ1) is 16.1. The van der Waals surface area contributed by atoms with Gasteiger partial charge in [-0.3, -0.25) is 9.35 Å². The van der Waals surface area contributed by atoms with Crippen LogP contribution in [0.15, 0.2) is 29.4 Å². The van der Waals surface area contributed by atoms with E-state index in [1.165, 1.54) is 0 Å². The molecule has 23 heavy (non-hydrogen) atoms. The molecule has 1 unspecified atom stereocenters. The Morgan fingerprint density at radius 1 is 1.35 bits per heavy atom. The van der Waals surface area contributed by atoms with Crippen LogP contribution in [0.5, 0.6) is 0 Å². The molecule has 0 aliphatic carbocycles. The quantitative estimate of drug-likeness (QED) is 0.580. The number of amides is 1. The minimum absolute atomic E-state index is 0.422. The Morgan fingerprint density at radius 2 is 2.04 bits per heavy atom. The highest BCUT2D eigenvalue weighted by Crippen LogP contribution is 2.25. The van der Waals surface area contributed by atoms with Crippen LogP contribution in [0.3, 0.4) is 0 Å². The summed E-state index contributed by atoms with van der Waals surface area (Å²) in [6.45, 7) is 0.643. The third-order valence-corrected chi connectivity index (χ3v) is 5.20. The van der Waals surface area contributed by atoms with E-state index in [4.69, 9.17) is 10.3 Å². The van der Waals surface area contributed by atoms with Crippen LogP contribution in [0.4, 0.5) is 5.69 Å². The van der Waals surface area contributed by atoms with Gasteiger partial charge in [-0.25, -0.2) is 5.01 Å². The maximum Gasteiger partial charge on any atom is 0.285 e. The number of benzene rings is 1. The minimum atomic E-state index is -4.35. The van der Waals surface area contributed by atoms with Gasteiger partial charge in [0, 0.05) is 29.3 Å². The summed E-state index contributed by atoms with van der Waals surface area (Å²) in [5, 5.41) is 5.00. The number of hydrogen-bond acceptors (Lipinski definition) is 7. The van der Waals surface area contributed by atoms with Gasteiger partial charge >= 0.3 is 0 Å². The van der Waals surface area contributed by atoms with E-state index >= 15 is 0 Å². The van der Waals surface area contributed by atoms with Crippen molar-refractivity contribution in [2.24, 2.45) is 5.10 Å². The molecule has 1 fully saturated rings. The number of thioether (sulfide) groups is 1. The lowest BCUT2D eigenvalue weighted by Crippen LogP contribution is -2.59. The number of nitrogen functional groups attached to an aromatic ring is 1. The third-order valence-electron chi connectivity index (χ3n) is 3.61. The Hall–Kier alpha value is -1.78. The summed E-state index contributed by atoms with van der Waals surface area (Å²) in [7, 11) is -4.35. The number of nitrogens with zero attached hydrogens (tertiary/aromatic N) is 3. The number of carbonyl (C=O) groups is 1. The number of hydrogen-bond donors (Lipinski definition) is 2. The van der Waals surface area contributed by atoms with E-state index in [9.17, 15) is 13.2 Å². The highest BCUT2D eigenvalue weighted by atomic mass is 32.2. The first-order chi connectivity index (χ1) is 10.8. The smallest absolute Gasteiger partial charge is 0.285 e. The van der Waals surface area contributed by atoms with Gasteiger partial charge < -0.3 is 10.6 Å². The van der Waals surface area contributed by atoms with Gasteiger partial charge in [0.15, 0.2) is 11.7 Å². The lowest BCUT2D eigenvalue weighted by atomic mass is 10.1. The molecule has 1 aromatic carbocycles. The van der Waals surface area contributed by atoms with Crippen molar-refractivity contribution < 1.29 is 17.8 Å². The van der Waals surface area contributed by atoms with Crippen molar-refractivity contribution in [3.8, 4) is 0 Å². The van der Waals surface area contributed by atoms with Crippen molar-refractivity contribution >= 4 is 39.3 Å². The van der Waals surface area contributed by atoms with Crippen LogP contribution in [0.2, 0.25) is 0 Å². The number of rotatable bonds is 3. The monoisotopic (exact) mass is 356 g/mol. The van der Waals surface area contributed by atoms with Crippen LogP contribution in [0.25, 0.3) is 0 Å². The van der Waals surface area contributed by atoms with Crippen molar-refractivity contribution in [2.75, 3.05) is 29.7 Å². The highest BCUT2D eigenvalue weighted by Gasteiger charge is 2.40. The van der Waals surface area contributed by atoms with Crippen LogP contribution in [-0.4, -0.2) is 64.6 Å². The normalized spacial score (nSPS) is 21.9. The molecule has 2 heterocycles. The summed E-state index contributed by atoms with van der Waals surface area (Å²) >= 11 is 1.63. The van der Waals surface area contributed by atoms with E-state index in [2.05, 4.69) is 5.10 Å². The summed E-state index contributed by atoms with van der Waals surface area (Å²) in [6.07, 6.45) is 0. The fourth-order valence-corrected chi connectivity index (χ4v) is 4.09. The summed E-state index contributed by atoms with van der Waals surface area (Å²) in [6, 6.07) is 6.49. The summed E-state index contributed by atoms with van der Waals surface area (Å²) in [5.74, 6) is 0.650. The van der Waals surface area contributed by atoms with E-state index in [-0.39, 0.29) is 0 Å². The molecule has 1 atom stereocenters. The van der Waals surface area contributed by atoms with Gasteiger partial charge in [0.25, 0.3) is 16.0 Å². The average molecular weight is 356 g/mol. The van der Waals surface area contributed by atoms with Crippen LogP contribution >= 0.6 is 11.8 Å². The number of fused-ring (bicyclic) bond motifs is 1. The van der Waals surface area contributed by atoms with Crippen LogP contribution in [0, 0.1) is 0 Å². The van der Waals surface area contributed by atoms with E-state index in [1.54, 1.807) is 36.0 Å². The topological polar surface area (TPSA) is 116 Å². The first-order valence-corrected chi connectivity index (χ1v) is 9.67. The molecule has 0 aromatic heterocycles. The summed E-state index contributed by atoms with van der Waals surface area (Å²) in [4.78, 5) is 14.3. The van der Waals surface area contributed by atoms with Gasteiger partial charge in [-0.05, 0) is 24.3 Å². The average Bonchev–Trinajstić information content (AvgIpc) is 2.50. The molecule has 8 nitrogen and oxygen atoms in total. The van der Waals surface area contributed by atoms with E-state index in [0.29, 0.717) is 23.8 Å². The first-order valence-electron chi connectivity index (χ1n) is 6.90. The predicted molar refractivity (Wildman–Crippen MR) is 88.5 cm³/mol. The Balaban J connectivity index is 2.03. The van der Waals surface area contributed by atoms with Gasteiger partial charge in [-0.15, -0.1) is 0 Å². The fourth-order valence-electron chi connectivity index (χ4n) is 2.56. The molecule has 0 bridgehead atoms. The number of nitrogens with two attached hydrogens (primary N) is 1. The van der Waals surface area contributed by atoms with E-state index < -0.39 is 27.9 Å². The van der Waals surface area contributed by atoms with Crippen LogP contribution in [0.1, 0.15) is 5.56 Å². The lowest BCUT2D eigenvalue weighted by Gasteiger charge is -2.41. The van der Waals surface area contributed by atoms with Crippen molar-refractivity contribution in [1.82, 2.24) is 9.91 Å². The molecule has 10 heteroatoms. The molecule has 0 saturated carbocycles. The molecule has 0 spiro atoms. The zero-order chi connectivity index (χ0) is 16.6. The lowest BCUT2D eigenvalue weighted by molar-refractivity contribution is -0.135. The summed E-state index contributed by atoms with van der Waals surface area (Å²) < 4.78 is 31.4. The fraction of sp³-hybridized carbons (Fsp3) is 0.385. The molecule has 2 aliphatic rings. The van der Waals surface area contributed by atoms with Gasteiger partial charge in [0.1, 0.15) is 6.04 Å². The molecule has 0 radical (unpaired) electrons. The molecular weight excluding hydrogens is 340 g/mol. The molecular formula is C13H16N4O4S2. The summed E-state index contributed by atoms with van der Waals surface area (Å²) in [5.41, 5.74) is 7.03. The Morgan fingerprint density at radius 3 is 2.70 bits per heavy atom. The van der Waals surface area contributed by atoms with Gasteiger partial charge in [-0.2, -0.15) is 25.3 Å². The Kier molecular flexibility index (Phi) is 4.21. The van der Waals surface area contributed by atoms with E-state index in [1.807, 2.05) is 4.90 Å². The SMILES string of the molecule is Nc1ccc(C2=NN(CS(=O)(=O)O)C(=O)C3CSCCN23)cc1. The molecule has 3 N–H and O–H groups in total. The molecule has 3 rings (SSSR count). The van der Waals surface area contributed by atoms with Gasteiger partial charge in [-0.1, -0.05) is 0 Å². The molecule has 1 aromatic rings. The molecule has 1 saturated heterocycles. The molecule has 1 amide bonds. The van der Waals surface area contributed by atoms with Crippen molar-refractivity contribution in [3.05, 3.63) is 29.8 Å². The Labute approximate surface area is 138 Å². The molecule has 2 aliphatic heterocycles. The standard InChI is InChI=1S/C13H16N4O4S2/c14-10-3-1-9(2-4-10)12-15-17(8-23(19,20)21)13(18)11-7-22-6-5-16(11)12/h1-4,11H,5-8,14H2,(H,19,20,21). The third kappa shape index (κ3) is 3.43. The second-order valence-electron chi connectivity index (χ2n) is 5.28.